The highest BCUT2D eigenvalue weighted by Crippen LogP contribution is 2.12. The second-order valence-electron chi connectivity index (χ2n) is 2.80. The Labute approximate surface area is 89.6 Å². The molecular weight excluding hydrogens is 215 g/mol. The zero-order valence-electron chi connectivity index (χ0n) is 7.61. The monoisotopic (exact) mass is 222 g/mol. The van der Waals surface area contributed by atoms with Gasteiger partial charge in [0, 0.05) is 17.3 Å². The number of anilines is 1. The number of hydrogen-bond donors (Lipinski definition) is 1. The number of halogens is 1. The number of nitrogens with zero attached hydrogens (tertiary/aromatic N) is 1. The first-order valence-electron chi connectivity index (χ1n) is 4.22. The van der Waals surface area contributed by atoms with Crippen LogP contribution in [0.4, 0.5) is 10.1 Å². The molecule has 1 aromatic heterocycles. The summed E-state index contributed by atoms with van der Waals surface area (Å²) in [5, 5.41) is 4.62. The lowest BCUT2D eigenvalue weighted by atomic mass is 10.3. The van der Waals surface area contributed by atoms with Gasteiger partial charge in [-0.05, 0) is 18.2 Å². The third-order valence-corrected chi connectivity index (χ3v) is 2.48. The van der Waals surface area contributed by atoms with Gasteiger partial charge >= 0.3 is 0 Å². The molecule has 1 N–H and O–H groups in total. The van der Waals surface area contributed by atoms with E-state index in [1.54, 1.807) is 17.6 Å². The van der Waals surface area contributed by atoms with E-state index in [0.717, 1.165) is 0 Å². The Balaban J connectivity index is 2.13. The van der Waals surface area contributed by atoms with Crippen molar-refractivity contribution in [2.75, 3.05) is 5.32 Å². The molecule has 1 aromatic carbocycles. The minimum Gasteiger partial charge on any atom is -0.320 e. The molecule has 0 radical (unpaired) electrons. The molecule has 15 heavy (non-hydrogen) atoms. The van der Waals surface area contributed by atoms with Gasteiger partial charge in [0.15, 0.2) is 5.01 Å². The molecule has 0 bridgehead atoms. The third-order valence-electron chi connectivity index (χ3n) is 1.71. The van der Waals surface area contributed by atoms with Crippen molar-refractivity contribution in [3.05, 3.63) is 46.7 Å². The van der Waals surface area contributed by atoms with Crippen LogP contribution < -0.4 is 5.32 Å². The molecule has 0 aliphatic carbocycles. The molecular formula is C10H7FN2OS. The van der Waals surface area contributed by atoms with E-state index in [1.165, 1.54) is 29.5 Å². The molecule has 1 heterocycles. The van der Waals surface area contributed by atoms with Gasteiger partial charge in [0.1, 0.15) is 5.82 Å². The van der Waals surface area contributed by atoms with Crippen LogP contribution in [-0.2, 0) is 0 Å². The van der Waals surface area contributed by atoms with Gasteiger partial charge in [0.25, 0.3) is 5.91 Å². The van der Waals surface area contributed by atoms with E-state index >= 15 is 0 Å². The Hall–Kier alpha value is -1.75. The molecule has 0 unspecified atom stereocenters. The quantitative estimate of drug-likeness (QED) is 0.848. The summed E-state index contributed by atoms with van der Waals surface area (Å²) in [7, 11) is 0. The van der Waals surface area contributed by atoms with E-state index < -0.39 is 0 Å². The highest BCUT2D eigenvalue weighted by molar-refractivity contribution is 7.11. The average Bonchev–Trinajstić information content (AvgIpc) is 2.70. The molecule has 0 aliphatic rings. The van der Waals surface area contributed by atoms with Gasteiger partial charge in [-0.25, -0.2) is 9.37 Å². The molecule has 3 nitrogen and oxygen atoms in total. The molecule has 76 valence electrons. The van der Waals surface area contributed by atoms with Crippen molar-refractivity contribution in [1.29, 1.82) is 0 Å². The Morgan fingerprint density at radius 2 is 2.33 bits per heavy atom. The maximum absolute atomic E-state index is 12.8. The van der Waals surface area contributed by atoms with Crippen LogP contribution in [0.25, 0.3) is 0 Å². The van der Waals surface area contributed by atoms with Crippen molar-refractivity contribution in [1.82, 2.24) is 4.98 Å². The summed E-state index contributed by atoms with van der Waals surface area (Å²) in [4.78, 5) is 15.3. The molecule has 0 atom stereocenters. The largest absolute Gasteiger partial charge is 0.320 e. The van der Waals surface area contributed by atoms with Crippen LogP contribution in [0, 0.1) is 5.82 Å². The molecule has 0 saturated heterocycles. The highest BCUT2D eigenvalue weighted by atomic mass is 32.1. The van der Waals surface area contributed by atoms with Crippen LogP contribution >= 0.6 is 11.3 Å². The van der Waals surface area contributed by atoms with Crippen molar-refractivity contribution >= 4 is 22.9 Å². The fourth-order valence-electron chi connectivity index (χ4n) is 1.09. The van der Waals surface area contributed by atoms with Crippen molar-refractivity contribution < 1.29 is 9.18 Å². The van der Waals surface area contributed by atoms with E-state index in [9.17, 15) is 9.18 Å². The Kier molecular flexibility index (Phi) is 2.73. The van der Waals surface area contributed by atoms with Gasteiger partial charge in [-0.3, -0.25) is 4.79 Å². The fourth-order valence-corrected chi connectivity index (χ4v) is 1.62. The molecule has 0 saturated carbocycles. The van der Waals surface area contributed by atoms with E-state index in [2.05, 4.69) is 10.3 Å². The van der Waals surface area contributed by atoms with Gasteiger partial charge in [0.2, 0.25) is 0 Å². The first-order chi connectivity index (χ1) is 7.25. The molecule has 2 rings (SSSR count). The summed E-state index contributed by atoms with van der Waals surface area (Å²) < 4.78 is 12.8. The summed E-state index contributed by atoms with van der Waals surface area (Å²) in [5.41, 5.74) is 0.426. The van der Waals surface area contributed by atoms with Crippen molar-refractivity contribution in [3.63, 3.8) is 0 Å². The number of nitrogens with one attached hydrogen (secondary N) is 1. The highest BCUT2D eigenvalue weighted by Gasteiger charge is 2.08. The van der Waals surface area contributed by atoms with E-state index in [4.69, 9.17) is 0 Å². The van der Waals surface area contributed by atoms with Crippen LogP contribution in [0.2, 0.25) is 0 Å². The minimum atomic E-state index is -0.382. The lowest BCUT2D eigenvalue weighted by Gasteiger charge is -2.01. The van der Waals surface area contributed by atoms with Crippen molar-refractivity contribution in [3.8, 4) is 0 Å². The van der Waals surface area contributed by atoms with Gasteiger partial charge < -0.3 is 5.32 Å². The maximum Gasteiger partial charge on any atom is 0.284 e. The van der Waals surface area contributed by atoms with E-state index in [1.807, 2.05) is 0 Å². The number of hydrogen-bond acceptors (Lipinski definition) is 3. The number of amides is 1. The molecule has 0 fully saturated rings. The van der Waals surface area contributed by atoms with E-state index in [0.29, 0.717) is 10.7 Å². The number of carbonyl (C=O) groups excluding carboxylic acids is 1. The second kappa shape index (κ2) is 4.18. The topological polar surface area (TPSA) is 42.0 Å². The summed E-state index contributed by atoms with van der Waals surface area (Å²) >= 11 is 1.24. The number of rotatable bonds is 2. The van der Waals surface area contributed by atoms with Crippen molar-refractivity contribution in [2.24, 2.45) is 0 Å². The van der Waals surface area contributed by atoms with Crippen molar-refractivity contribution in [2.45, 2.75) is 0 Å². The number of thiazole rings is 1. The zero-order valence-corrected chi connectivity index (χ0v) is 8.42. The average molecular weight is 222 g/mol. The van der Waals surface area contributed by atoms with Gasteiger partial charge in [-0.15, -0.1) is 11.3 Å². The Bertz CT molecular complexity index is 470. The summed E-state index contributed by atoms with van der Waals surface area (Å²) in [6, 6.07) is 5.73. The normalized spacial score (nSPS) is 9.93. The summed E-state index contributed by atoms with van der Waals surface area (Å²) in [5.74, 6) is -0.706. The third kappa shape index (κ3) is 2.38. The Morgan fingerprint density at radius 1 is 1.47 bits per heavy atom. The van der Waals surface area contributed by atoms with Gasteiger partial charge in [0.05, 0.1) is 0 Å². The fraction of sp³-hybridized carbons (Fsp3) is 0. The molecule has 0 aliphatic heterocycles. The second-order valence-corrected chi connectivity index (χ2v) is 3.70. The lowest BCUT2D eigenvalue weighted by Crippen LogP contribution is -2.11. The molecule has 0 spiro atoms. The smallest absolute Gasteiger partial charge is 0.284 e. The van der Waals surface area contributed by atoms with Crippen LogP contribution in [0.1, 0.15) is 9.80 Å². The summed E-state index contributed by atoms with van der Waals surface area (Å²) in [6.45, 7) is 0. The Morgan fingerprint density at radius 3 is 3.00 bits per heavy atom. The van der Waals surface area contributed by atoms with Crippen LogP contribution in [0.15, 0.2) is 35.8 Å². The molecule has 5 heteroatoms. The van der Waals surface area contributed by atoms with Crippen LogP contribution in [0.3, 0.4) is 0 Å². The SMILES string of the molecule is O=C(Nc1cccc(F)c1)c1nccs1. The predicted molar refractivity (Wildman–Crippen MR) is 56.5 cm³/mol. The number of benzene rings is 1. The minimum absolute atomic E-state index is 0.324. The molecule has 2 aromatic rings. The molecule has 1 amide bonds. The van der Waals surface area contributed by atoms with Gasteiger partial charge in [-0.1, -0.05) is 6.07 Å². The predicted octanol–water partition coefficient (Wildman–Crippen LogP) is 2.53. The number of carbonyl (C=O) groups is 1. The standard InChI is InChI=1S/C10H7FN2OS/c11-7-2-1-3-8(6-7)13-9(14)10-12-4-5-15-10/h1-6H,(H,13,14). The van der Waals surface area contributed by atoms with Crippen LogP contribution in [0.5, 0.6) is 0 Å². The van der Waals surface area contributed by atoms with Gasteiger partial charge in [-0.2, -0.15) is 0 Å². The first kappa shape index (κ1) is 9.79. The van der Waals surface area contributed by atoms with E-state index in [-0.39, 0.29) is 11.7 Å². The summed E-state index contributed by atoms with van der Waals surface area (Å²) in [6.07, 6.45) is 1.55. The maximum atomic E-state index is 12.8. The number of aromatic nitrogens is 1. The first-order valence-corrected chi connectivity index (χ1v) is 5.10. The van der Waals surface area contributed by atoms with Crippen LogP contribution in [-0.4, -0.2) is 10.9 Å². The lowest BCUT2D eigenvalue weighted by molar-refractivity contribution is 0.102. The zero-order chi connectivity index (χ0) is 10.7.